The first-order chi connectivity index (χ1) is 14.1. The van der Waals surface area contributed by atoms with Crippen molar-refractivity contribution in [1.29, 1.82) is 0 Å². The van der Waals surface area contributed by atoms with E-state index >= 15 is 0 Å². The number of phenolic OH excluding ortho intramolecular Hbond substituents is 1. The molecular formula is C22H29N3O5. The molecule has 162 valence electrons. The van der Waals surface area contributed by atoms with Crippen molar-refractivity contribution in [2.45, 2.75) is 57.8 Å². The molecule has 1 N–H and O–H groups in total. The summed E-state index contributed by atoms with van der Waals surface area (Å²) in [5.41, 5.74) is -0.326. The van der Waals surface area contributed by atoms with E-state index < -0.39 is 5.60 Å². The highest BCUT2D eigenvalue weighted by atomic mass is 16.6. The molecule has 1 atom stereocenters. The third-order valence-electron chi connectivity index (χ3n) is 5.87. The van der Waals surface area contributed by atoms with Crippen molar-refractivity contribution in [2.24, 2.45) is 5.92 Å². The van der Waals surface area contributed by atoms with Gasteiger partial charge in [-0.15, -0.1) is 0 Å². The quantitative estimate of drug-likeness (QED) is 0.811. The van der Waals surface area contributed by atoms with Crippen molar-refractivity contribution in [3.8, 4) is 5.75 Å². The zero-order chi connectivity index (χ0) is 21.5. The number of carbonyl (C=O) groups excluding carboxylic acids is 1. The minimum absolute atomic E-state index is 0.0547. The molecule has 1 unspecified atom stereocenters. The minimum atomic E-state index is -0.501. The van der Waals surface area contributed by atoms with Crippen LogP contribution >= 0.6 is 0 Å². The number of carbonyl (C=O) groups is 1. The standard InChI is InChI=1S/C22H29N3O5/c1-21(2,3)30-20(28)24-8-6-22(7-9-24)11-15(13-29-22)12-25-14-23-18-5-4-16(26)10-17(18)19(25)27/h4-5,10,14-15,26H,6-9,11-13H2,1-3H3. The average Bonchev–Trinajstić information content (AvgIpc) is 3.06. The molecule has 2 aliphatic rings. The second-order valence-corrected chi connectivity index (χ2v) is 9.44. The Morgan fingerprint density at radius 1 is 1.33 bits per heavy atom. The van der Waals surface area contributed by atoms with E-state index in [1.165, 1.54) is 12.1 Å². The Kier molecular flexibility index (Phi) is 5.22. The average molecular weight is 415 g/mol. The van der Waals surface area contributed by atoms with Crippen LogP contribution in [0.3, 0.4) is 0 Å². The summed E-state index contributed by atoms with van der Waals surface area (Å²) in [4.78, 5) is 31.2. The van der Waals surface area contributed by atoms with Gasteiger partial charge >= 0.3 is 6.09 Å². The number of aromatic nitrogens is 2. The molecule has 2 aliphatic heterocycles. The lowest BCUT2D eigenvalue weighted by molar-refractivity contribution is -0.0487. The van der Waals surface area contributed by atoms with E-state index in [9.17, 15) is 14.7 Å². The van der Waals surface area contributed by atoms with E-state index in [0.717, 1.165) is 19.3 Å². The highest BCUT2D eigenvalue weighted by Crippen LogP contribution is 2.39. The zero-order valence-corrected chi connectivity index (χ0v) is 17.8. The molecule has 2 saturated heterocycles. The van der Waals surface area contributed by atoms with Gasteiger partial charge in [0.05, 0.1) is 29.4 Å². The van der Waals surface area contributed by atoms with Crippen molar-refractivity contribution in [2.75, 3.05) is 19.7 Å². The van der Waals surface area contributed by atoms with Crippen molar-refractivity contribution < 1.29 is 19.4 Å². The van der Waals surface area contributed by atoms with Gasteiger partial charge in [0.1, 0.15) is 11.4 Å². The fourth-order valence-corrected chi connectivity index (χ4v) is 4.38. The van der Waals surface area contributed by atoms with Gasteiger partial charge in [-0.1, -0.05) is 0 Å². The summed E-state index contributed by atoms with van der Waals surface area (Å²) in [6.45, 7) is 7.92. The van der Waals surface area contributed by atoms with Crippen molar-refractivity contribution in [3.05, 3.63) is 34.9 Å². The maximum atomic E-state index is 12.8. The van der Waals surface area contributed by atoms with Gasteiger partial charge in [-0.05, 0) is 58.2 Å². The molecule has 0 aliphatic carbocycles. The highest BCUT2D eigenvalue weighted by Gasteiger charge is 2.44. The van der Waals surface area contributed by atoms with Gasteiger partial charge < -0.3 is 19.5 Å². The molecule has 8 heteroatoms. The van der Waals surface area contributed by atoms with Crippen molar-refractivity contribution in [1.82, 2.24) is 14.5 Å². The summed E-state index contributed by atoms with van der Waals surface area (Å²) in [7, 11) is 0. The van der Waals surface area contributed by atoms with Crippen LogP contribution < -0.4 is 5.56 Å². The van der Waals surface area contributed by atoms with Crippen LogP contribution in [-0.2, 0) is 16.0 Å². The Balaban J connectivity index is 1.39. The topological polar surface area (TPSA) is 93.9 Å². The fraction of sp³-hybridized carbons (Fsp3) is 0.591. The van der Waals surface area contributed by atoms with Crippen LogP contribution in [-0.4, -0.2) is 56.5 Å². The van der Waals surface area contributed by atoms with Crippen molar-refractivity contribution in [3.63, 3.8) is 0 Å². The first-order valence-electron chi connectivity index (χ1n) is 10.4. The molecular weight excluding hydrogens is 386 g/mol. The number of rotatable bonds is 2. The van der Waals surface area contributed by atoms with Gasteiger partial charge in [-0.3, -0.25) is 9.36 Å². The number of aromatic hydroxyl groups is 1. The lowest BCUT2D eigenvalue weighted by Gasteiger charge is -2.39. The number of ether oxygens (including phenoxy) is 2. The molecule has 30 heavy (non-hydrogen) atoms. The van der Waals surface area contributed by atoms with Gasteiger partial charge in [0.2, 0.25) is 0 Å². The molecule has 4 rings (SSSR count). The van der Waals surface area contributed by atoms with Gasteiger partial charge in [0, 0.05) is 25.6 Å². The monoisotopic (exact) mass is 415 g/mol. The number of likely N-dealkylation sites (tertiary alicyclic amines) is 1. The van der Waals surface area contributed by atoms with E-state index in [1.54, 1.807) is 21.9 Å². The largest absolute Gasteiger partial charge is 0.508 e. The molecule has 1 spiro atoms. The summed E-state index contributed by atoms with van der Waals surface area (Å²) in [5.74, 6) is 0.256. The molecule has 1 amide bonds. The van der Waals surface area contributed by atoms with Crippen LogP contribution in [0.4, 0.5) is 4.79 Å². The predicted molar refractivity (Wildman–Crippen MR) is 111 cm³/mol. The SMILES string of the molecule is CC(C)(C)OC(=O)N1CCC2(CC1)CC(Cn1cnc3ccc(O)cc3c1=O)CO2. The molecule has 8 nitrogen and oxygen atoms in total. The molecule has 0 bridgehead atoms. The lowest BCUT2D eigenvalue weighted by Crippen LogP contribution is -2.48. The number of nitrogens with zero attached hydrogens (tertiary/aromatic N) is 3. The number of hydrogen-bond donors (Lipinski definition) is 1. The number of benzene rings is 1. The second kappa shape index (κ2) is 7.58. The smallest absolute Gasteiger partial charge is 0.410 e. The van der Waals surface area contributed by atoms with Crippen LogP contribution in [0.2, 0.25) is 0 Å². The number of piperidine rings is 1. The Bertz CT molecular complexity index is 1000. The second-order valence-electron chi connectivity index (χ2n) is 9.44. The zero-order valence-electron chi connectivity index (χ0n) is 17.8. The van der Waals surface area contributed by atoms with E-state index in [-0.39, 0.29) is 28.9 Å². The Hall–Kier alpha value is -2.61. The predicted octanol–water partition coefficient (Wildman–Crippen LogP) is 2.91. The van der Waals surface area contributed by atoms with Gasteiger partial charge in [-0.25, -0.2) is 9.78 Å². The Morgan fingerprint density at radius 3 is 2.77 bits per heavy atom. The van der Waals surface area contributed by atoms with Gasteiger partial charge in [0.25, 0.3) is 5.56 Å². The summed E-state index contributed by atoms with van der Waals surface area (Å²) in [6, 6.07) is 4.63. The minimum Gasteiger partial charge on any atom is -0.508 e. The van der Waals surface area contributed by atoms with Crippen LogP contribution in [0, 0.1) is 5.92 Å². The van der Waals surface area contributed by atoms with Gasteiger partial charge in [0.15, 0.2) is 0 Å². The Morgan fingerprint density at radius 2 is 2.07 bits per heavy atom. The van der Waals surface area contributed by atoms with E-state index in [0.29, 0.717) is 37.1 Å². The van der Waals surface area contributed by atoms with Gasteiger partial charge in [-0.2, -0.15) is 0 Å². The number of fused-ring (bicyclic) bond motifs is 1. The molecule has 3 heterocycles. The van der Waals surface area contributed by atoms with Crippen LogP contribution in [0.1, 0.15) is 40.0 Å². The molecule has 2 fully saturated rings. The van der Waals surface area contributed by atoms with E-state index in [4.69, 9.17) is 9.47 Å². The van der Waals surface area contributed by atoms with E-state index in [2.05, 4.69) is 4.98 Å². The molecule has 0 saturated carbocycles. The van der Waals surface area contributed by atoms with E-state index in [1.807, 2.05) is 20.8 Å². The molecule has 0 radical (unpaired) electrons. The first-order valence-corrected chi connectivity index (χ1v) is 10.4. The third kappa shape index (κ3) is 4.28. The summed E-state index contributed by atoms with van der Waals surface area (Å²) < 4.78 is 13.3. The van der Waals surface area contributed by atoms with Crippen LogP contribution in [0.25, 0.3) is 10.9 Å². The summed E-state index contributed by atoms with van der Waals surface area (Å²) >= 11 is 0. The third-order valence-corrected chi connectivity index (χ3v) is 5.87. The molecule has 1 aromatic heterocycles. The van der Waals surface area contributed by atoms with Crippen LogP contribution in [0.5, 0.6) is 5.75 Å². The first kappa shape index (κ1) is 20.7. The number of phenols is 1. The molecule has 1 aromatic carbocycles. The maximum Gasteiger partial charge on any atom is 0.410 e. The molecule has 2 aromatic rings. The summed E-state index contributed by atoms with van der Waals surface area (Å²) in [6.07, 6.45) is 3.67. The lowest BCUT2D eigenvalue weighted by atomic mass is 9.85. The fourth-order valence-electron chi connectivity index (χ4n) is 4.38. The number of hydrogen-bond acceptors (Lipinski definition) is 6. The normalized spacial score (nSPS) is 21.3. The van der Waals surface area contributed by atoms with Crippen LogP contribution in [0.15, 0.2) is 29.3 Å². The Labute approximate surface area is 175 Å². The summed E-state index contributed by atoms with van der Waals surface area (Å²) in [5, 5.41) is 10.1. The highest BCUT2D eigenvalue weighted by molar-refractivity contribution is 5.78. The maximum absolute atomic E-state index is 12.8. The van der Waals surface area contributed by atoms with Crippen molar-refractivity contribution >= 4 is 17.0 Å². The number of amides is 1.